The summed E-state index contributed by atoms with van der Waals surface area (Å²) in [6.45, 7) is 5.99. The van der Waals surface area contributed by atoms with E-state index in [0.717, 1.165) is 13.2 Å². The Hall–Kier alpha value is 0.1000. The van der Waals surface area contributed by atoms with Crippen molar-refractivity contribution in [2.24, 2.45) is 0 Å². The monoisotopic (exact) mass is 275 g/mol. The Balaban J connectivity index is 2.02. The summed E-state index contributed by atoms with van der Waals surface area (Å²) in [5.41, 5.74) is 0.116. The maximum atomic E-state index is 5.82. The molecule has 2 nitrogen and oxygen atoms in total. The lowest BCUT2D eigenvalue weighted by Gasteiger charge is -2.35. The molecule has 1 aromatic rings. The molecule has 78 valence electrons. The van der Waals surface area contributed by atoms with E-state index in [4.69, 9.17) is 4.74 Å². The molecule has 1 aliphatic rings. The summed E-state index contributed by atoms with van der Waals surface area (Å²) in [5, 5.41) is 3.48. The summed E-state index contributed by atoms with van der Waals surface area (Å²) in [4.78, 5) is 1.29. The molecule has 0 bridgehead atoms. The maximum absolute atomic E-state index is 5.82. The summed E-state index contributed by atoms with van der Waals surface area (Å²) in [6.07, 6.45) is 0.222. The molecular weight excluding hydrogens is 262 g/mol. The number of morpholine rings is 1. The second-order valence-corrected chi connectivity index (χ2v) is 6.70. The molecule has 4 heteroatoms. The normalized spacial score (nSPS) is 26.4. The number of hydrogen-bond donors (Lipinski definition) is 1. The van der Waals surface area contributed by atoms with Gasteiger partial charge >= 0.3 is 0 Å². The van der Waals surface area contributed by atoms with Gasteiger partial charge in [-0.3, -0.25) is 0 Å². The van der Waals surface area contributed by atoms with Crippen LogP contribution in [-0.2, 0) is 4.74 Å². The molecule has 1 fully saturated rings. The van der Waals surface area contributed by atoms with E-state index in [1.54, 1.807) is 11.3 Å². The summed E-state index contributed by atoms with van der Waals surface area (Å²) < 4.78 is 6.99. The molecular formula is C10H14BrNOS. The lowest BCUT2D eigenvalue weighted by Crippen LogP contribution is -2.50. The van der Waals surface area contributed by atoms with Crippen molar-refractivity contribution in [1.29, 1.82) is 0 Å². The molecule has 2 heterocycles. The zero-order valence-electron chi connectivity index (χ0n) is 8.34. The minimum atomic E-state index is 0.116. The Morgan fingerprint density at radius 2 is 2.36 bits per heavy atom. The Kier molecular flexibility index (Phi) is 2.98. The summed E-state index contributed by atoms with van der Waals surface area (Å²) in [7, 11) is 0. The van der Waals surface area contributed by atoms with Gasteiger partial charge in [0.15, 0.2) is 0 Å². The molecule has 1 saturated heterocycles. The van der Waals surface area contributed by atoms with Crippen molar-refractivity contribution in [3.63, 3.8) is 0 Å². The van der Waals surface area contributed by atoms with E-state index >= 15 is 0 Å². The number of hydrogen-bond acceptors (Lipinski definition) is 3. The van der Waals surface area contributed by atoms with Crippen LogP contribution in [0.3, 0.4) is 0 Å². The van der Waals surface area contributed by atoms with Crippen molar-refractivity contribution < 1.29 is 4.74 Å². The van der Waals surface area contributed by atoms with Gasteiger partial charge < -0.3 is 10.1 Å². The van der Waals surface area contributed by atoms with E-state index in [1.165, 1.54) is 8.66 Å². The zero-order chi connectivity index (χ0) is 10.2. The highest BCUT2D eigenvalue weighted by Crippen LogP contribution is 2.31. The van der Waals surface area contributed by atoms with Crippen LogP contribution in [0.15, 0.2) is 15.9 Å². The Bertz CT molecular complexity index is 314. The smallest absolute Gasteiger partial charge is 0.104 e. The predicted molar refractivity (Wildman–Crippen MR) is 62.8 cm³/mol. The van der Waals surface area contributed by atoms with E-state index in [1.807, 2.05) is 0 Å². The summed E-state index contributed by atoms with van der Waals surface area (Å²) >= 11 is 5.21. The molecule has 0 spiro atoms. The van der Waals surface area contributed by atoms with Crippen molar-refractivity contribution >= 4 is 27.3 Å². The standard InChI is InChI=1S/C10H14BrNOS/c1-10(2)6-13-7(5-12-10)8-3-4-9(11)14-8/h3-4,7,12H,5-6H2,1-2H3. The molecule has 1 unspecified atom stereocenters. The van der Waals surface area contributed by atoms with Crippen LogP contribution in [-0.4, -0.2) is 18.7 Å². The van der Waals surface area contributed by atoms with Crippen molar-refractivity contribution in [2.45, 2.75) is 25.5 Å². The average Bonchev–Trinajstić information content (AvgIpc) is 2.52. The van der Waals surface area contributed by atoms with Crippen LogP contribution in [0.4, 0.5) is 0 Å². The first-order valence-corrected chi connectivity index (χ1v) is 6.30. The van der Waals surface area contributed by atoms with Crippen molar-refractivity contribution in [3.05, 3.63) is 20.8 Å². The van der Waals surface area contributed by atoms with E-state index < -0.39 is 0 Å². The van der Waals surface area contributed by atoms with Gasteiger partial charge in [-0.05, 0) is 41.9 Å². The highest BCUT2D eigenvalue weighted by Gasteiger charge is 2.28. The van der Waals surface area contributed by atoms with Crippen LogP contribution in [0.1, 0.15) is 24.8 Å². The van der Waals surface area contributed by atoms with Gasteiger partial charge in [-0.1, -0.05) is 0 Å². The molecule has 0 aromatic carbocycles. The molecule has 1 aromatic heterocycles. The molecule has 1 aliphatic heterocycles. The van der Waals surface area contributed by atoms with E-state index in [-0.39, 0.29) is 11.6 Å². The average molecular weight is 276 g/mol. The fourth-order valence-corrected chi connectivity index (χ4v) is 2.94. The first-order valence-electron chi connectivity index (χ1n) is 4.69. The third-order valence-electron chi connectivity index (χ3n) is 2.32. The fraction of sp³-hybridized carbons (Fsp3) is 0.600. The molecule has 2 rings (SSSR count). The number of ether oxygens (including phenoxy) is 1. The summed E-state index contributed by atoms with van der Waals surface area (Å²) in [6, 6.07) is 4.20. The van der Waals surface area contributed by atoms with Gasteiger partial charge in [-0.25, -0.2) is 0 Å². The molecule has 0 aliphatic carbocycles. The van der Waals surface area contributed by atoms with Gasteiger partial charge in [0.1, 0.15) is 6.10 Å². The van der Waals surface area contributed by atoms with E-state index in [9.17, 15) is 0 Å². The third kappa shape index (κ3) is 2.37. The number of rotatable bonds is 1. The van der Waals surface area contributed by atoms with Crippen LogP contribution in [0.5, 0.6) is 0 Å². The zero-order valence-corrected chi connectivity index (χ0v) is 10.7. The third-order valence-corrected chi connectivity index (χ3v) is 4.04. The molecule has 0 saturated carbocycles. The van der Waals surface area contributed by atoms with Crippen LogP contribution in [0, 0.1) is 0 Å². The Morgan fingerprint density at radius 3 is 2.86 bits per heavy atom. The minimum Gasteiger partial charge on any atom is -0.369 e. The Morgan fingerprint density at radius 1 is 1.57 bits per heavy atom. The van der Waals surface area contributed by atoms with Crippen molar-refractivity contribution in [1.82, 2.24) is 5.32 Å². The van der Waals surface area contributed by atoms with Crippen LogP contribution in [0.2, 0.25) is 0 Å². The highest BCUT2D eigenvalue weighted by atomic mass is 79.9. The number of halogens is 1. The number of nitrogens with one attached hydrogen (secondary N) is 1. The van der Waals surface area contributed by atoms with Gasteiger partial charge in [0.05, 0.1) is 10.4 Å². The van der Waals surface area contributed by atoms with Gasteiger partial charge in [-0.15, -0.1) is 11.3 Å². The van der Waals surface area contributed by atoms with Crippen LogP contribution >= 0.6 is 27.3 Å². The predicted octanol–water partition coefficient (Wildman–Crippen LogP) is 2.95. The van der Waals surface area contributed by atoms with Crippen LogP contribution in [0.25, 0.3) is 0 Å². The van der Waals surface area contributed by atoms with Crippen molar-refractivity contribution in [3.8, 4) is 0 Å². The van der Waals surface area contributed by atoms with Gasteiger partial charge in [-0.2, -0.15) is 0 Å². The first kappa shape index (κ1) is 10.6. The van der Waals surface area contributed by atoms with Crippen molar-refractivity contribution in [2.75, 3.05) is 13.2 Å². The lowest BCUT2D eigenvalue weighted by molar-refractivity contribution is -0.0211. The van der Waals surface area contributed by atoms with Gasteiger partial charge in [0.25, 0.3) is 0 Å². The van der Waals surface area contributed by atoms with Gasteiger partial charge in [0.2, 0.25) is 0 Å². The lowest BCUT2D eigenvalue weighted by atomic mass is 10.0. The summed E-state index contributed by atoms with van der Waals surface area (Å²) in [5.74, 6) is 0. The maximum Gasteiger partial charge on any atom is 0.104 e. The molecule has 1 atom stereocenters. The SMILES string of the molecule is CC1(C)COC(c2ccc(Br)s2)CN1. The highest BCUT2D eigenvalue weighted by molar-refractivity contribution is 9.11. The largest absolute Gasteiger partial charge is 0.369 e. The first-order chi connectivity index (χ1) is 6.57. The quantitative estimate of drug-likeness (QED) is 0.851. The molecule has 14 heavy (non-hydrogen) atoms. The number of thiophene rings is 1. The molecule has 0 amide bonds. The van der Waals surface area contributed by atoms with Gasteiger partial charge in [0, 0.05) is 17.0 Å². The Labute approximate surface area is 96.8 Å². The van der Waals surface area contributed by atoms with E-state index in [2.05, 4.69) is 47.2 Å². The minimum absolute atomic E-state index is 0.116. The fourth-order valence-electron chi connectivity index (χ4n) is 1.47. The second-order valence-electron chi connectivity index (χ2n) is 4.21. The topological polar surface area (TPSA) is 21.3 Å². The van der Waals surface area contributed by atoms with Crippen LogP contribution < -0.4 is 5.32 Å². The second kappa shape index (κ2) is 3.93. The molecule has 1 N–H and O–H groups in total. The van der Waals surface area contributed by atoms with E-state index in [0.29, 0.717) is 0 Å². The molecule has 0 radical (unpaired) electrons.